The molecule has 3 rings (SSSR count). The fourth-order valence-electron chi connectivity index (χ4n) is 3.19. The van der Waals surface area contributed by atoms with Crippen LogP contribution in [-0.2, 0) is 22.3 Å². The lowest BCUT2D eigenvalue weighted by Gasteiger charge is -2.29. The van der Waals surface area contributed by atoms with Crippen molar-refractivity contribution in [3.05, 3.63) is 35.1 Å². The van der Waals surface area contributed by atoms with Crippen molar-refractivity contribution < 1.29 is 45.4 Å². The van der Waals surface area contributed by atoms with E-state index < -0.39 is 29.7 Å². The van der Waals surface area contributed by atoms with Crippen molar-refractivity contribution in [3.63, 3.8) is 0 Å². The molecular formula is C17H18F7NO3. The molecule has 2 aliphatic heterocycles. The minimum atomic E-state index is -5.08. The Hall–Kier alpha value is -1.88. The van der Waals surface area contributed by atoms with Gasteiger partial charge in [0.1, 0.15) is 5.82 Å². The molecule has 2 N–H and O–H groups in total. The zero-order chi connectivity index (χ0) is 21.1. The number of hydrogen-bond donors (Lipinski definition) is 2. The Bertz CT molecular complexity index is 678. The molecule has 2 aliphatic rings. The van der Waals surface area contributed by atoms with Gasteiger partial charge in [-0.05, 0) is 37.8 Å². The highest BCUT2D eigenvalue weighted by molar-refractivity contribution is 5.73. The normalized spacial score (nSPS) is 24.5. The lowest BCUT2D eigenvalue weighted by Crippen LogP contribution is -2.41. The van der Waals surface area contributed by atoms with Crippen molar-refractivity contribution in [2.75, 3.05) is 0 Å². The Morgan fingerprint density at radius 2 is 1.64 bits per heavy atom. The van der Waals surface area contributed by atoms with Gasteiger partial charge in [-0.15, -0.1) is 0 Å². The molecule has 0 aromatic heterocycles. The molecule has 0 saturated carbocycles. The minimum absolute atomic E-state index is 0.0219. The number of carbonyl (C=O) groups is 1. The van der Waals surface area contributed by atoms with E-state index in [-0.39, 0.29) is 18.3 Å². The molecule has 0 unspecified atom stereocenters. The van der Waals surface area contributed by atoms with Crippen molar-refractivity contribution in [1.29, 1.82) is 0 Å². The summed E-state index contributed by atoms with van der Waals surface area (Å²) in [6.07, 6.45) is -5.49. The van der Waals surface area contributed by atoms with Crippen LogP contribution >= 0.6 is 0 Å². The molecule has 28 heavy (non-hydrogen) atoms. The fraction of sp³-hybridized carbons (Fsp3) is 0.588. The Balaban J connectivity index is 0.000000345. The van der Waals surface area contributed by atoms with Gasteiger partial charge in [0.25, 0.3) is 0 Å². The number of aliphatic carboxylic acids is 1. The molecule has 0 amide bonds. The van der Waals surface area contributed by atoms with Gasteiger partial charge < -0.3 is 15.2 Å². The number of piperidine rings is 1. The van der Waals surface area contributed by atoms with Gasteiger partial charge in [-0.1, -0.05) is 6.07 Å². The molecule has 2 fully saturated rings. The summed E-state index contributed by atoms with van der Waals surface area (Å²) in [4.78, 5) is 8.90. The van der Waals surface area contributed by atoms with E-state index in [2.05, 4.69) is 5.32 Å². The maximum Gasteiger partial charge on any atom is 0.490 e. The zero-order valence-corrected chi connectivity index (χ0v) is 14.4. The Morgan fingerprint density at radius 3 is 2.07 bits per heavy atom. The van der Waals surface area contributed by atoms with Crippen LogP contribution in [0.25, 0.3) is 0 Å². The van der Waals surface area contributed by atoms with Crippen LogP contribution in [0.4, 0.5) is 30.7 Å². The van der Waals surface area contributed by atoms with E-state index in [0.29, 0.717) is 18.2 Å². The second-order valence-corrected chi connectivity index (χ2v) is 6.65. The lowest BCUT2D eigenvalue weighted by molar-refractivity contribution is -0.192. The number of carboxylic acid groups (broad SMARTS) is 1. The number of benzene rings is 1. The third-order valence-corrected chi connectivity index (χ3v) is 4.53. The highest BCUT2D eigenvalue weighted by Gasteiger charge is 2.38. The maximum absolute atomic E-state index is 13.7. The van der Waals surface area contributed by atoms with E-state index in [1.54, 1.807) is 0 Å². The van der Waals surface area contributed by atoms with Crippen LogP contribution in [-0.4, -0.2) is 35.4 Å². The monoisotopic (exact) mass is 417 g/mol. The summed E-state index contributed by atoms with van der Waals surface area (Å²) < 4.78 is 88.5. The summed E-state index contributed by atoms with van der Waals surface area (Å²) in [5.41, 5.74) is -0.794. The molecule has 4 nitrogen and oxygen atoms in total. The first-order valence-electron chi connectivity index (χ1n) is 8.39. The average molecular weight is 417 g/mol. The van der Waals surface area contributed by atoms with Crippen LogP contribution in [0.15, 0.2) is 18.2 Å². The van der Waals surface area contributed by atoms with Crippen LogP contribution in [0.1, 0.15) is 36.8 Å². The van der Waals surface area contributed by atoms with Crippen LogP contribution in [0, 0.1) is 5.82 Å². The molecular weight excluding hydrogens is 399 g/mol. The van der Waals surface area contributed by atoms with E-state index in [1.807, 2.05) is 0 Å². The van der Waals surface area contributed by atoms with Crippen LogP contribution < -0.4 is 5.32 Å². The van der Waals surface area contributed by atoms with Crippen molar-refractivity contribution in [2.24, 2.45) is 0 Å². The molecule has 1 aromatic carbocycles. The second kappa shape index (κ2) is 8.64. The first kappa shape index (κ1) is 22.4. The van der Waals surface area contributed by atoms with Crippen molar-refractivity contribution in [1.82, 2.24) is 5.32 Å². The highest BCUT2D eigenvalue weighted by Crippen LogP contribution is 2.31. The Kier molecular flexibility index (Phi) is 6.92. The lowest BCUT2D eigenvalue weighted by atomic mass is 10.0. The summed E-state index contributed by atoms with van der Waals surface area (Å²) in [6.45, 7) is 0.0219. The van der Waals surface area contributed by atoms with E-state index in [1.165, 1.54) is 0 Å². The molecule has 3 atom stereocenters. The minimum Gasteiger partial charge on any atom is -0.475 e. The standard InChI is InChI=1S/C15H17F4NO.C2HF3O2/c16-14-5-10(15(17,18)19)2-1-9(14)8-21-13-6-11-3-4-12(7-13)20-11;3-2(4,5)1(6)7/h1-2,5,11-13,20H,3-4,6-8H2;(H,6,7)/t11-,12+,13-;. The van der Waals surface area contributed by atoms with Gasteiger partial charge in [-0.3, -0.25) is 0 Å². The number of halogens is 7. The number of carboxylic acids is 1. The number of fused-ring (bicyclic) bond motifs is 2. The number of alkyl halides is 6. The number of nitrogens with one attached hydrogen (secondary N) is 1. The van der Waals surface area contributed by atoms with E-state index >= 15 is 0 Å². The second-order valence-electron chi connectivity index (χ2n) is 6.65. The first-order chi connectivity index (χ1) is 12.9. The third-order valence-electron chi connectivity index (χ3n) is 4.53. The SMILES string of the molecule is Fc1cc(C(F)(F)F)ccc1CO[C@@H]1C[C@H]2CC[C@@H](C1)N2.O=C(O)C(F)(F)F. The van der Waals surface area contributed by atoms with Gasteiger partial charge in [0, 0.05) is 17.6 Å². The molecule has 11 heteroatoms. The molecule has 2 bridgehead atoms. The predicted molar refractivity (Wildman–Crippen MR) is 82.8 cm³/mol. The number of hydrogen-bond acceptors (Lipinski definition) is 3. The average Bonchev–Trinajstić information content (AvgIpc) is 2.91. The summed E-state index contributed by atoms with van der Waals surface area (Å²) in [7, 11) is 0. The van der Waals surface area contributed by atoms with Crippen LogP contribution in [0.2, 0.25) is 0 Å². The van der Waals surface area contributed by atoms with Gasteiger partial charge in [-0.2, -0.15) is 26.3 Å². The molecule has 158 valence electrons. The Morgan fingerprint density at radius 1 is 1.11 bits per heavy atom. The zero-order valence-electron chi connectivity index (χ0n) is 14.4. The quantitative estimate of drug-likeness (QED) is 0.721. The first-order valence-corrected chi connectivity index (χ1v) is 8.39. The molecule has 0 radical (unpaired) electrons. The van der Waals surface area contributed by atoms with Crippen molar-refractivity contribution in [3.8, 4) is 0 Å². The summed E-state index contributed by atoms with van der Waals surface area (Å²) in [5.74, 6) is -3.62. The van der Waals surface area contributed by atoms with Gasteiger partial charge in [0.05, 0.1) is 18.3 Å². The van der Waals surface area contributed by atoms with Crippen LogP contribution in [0.3, 0.4) is 0 Å². The van der Waals surface area contributed by atoms with Crippen molar-refractivity contribution >= 4 is 5.97 Å². The third kappa shape index (κ3) is 6.33. The van der Waals surface area contributed by atoms with Gasteiger partial charge in [0.15, 0.2) is 0 Å². The van der Waals surface area contributed by atoms with Gasteiger partial charge >= 0.3 is 18.3 Å². The molecule has 2 saturated heterocycles. The van der Waals surface area contributed by atoms with E-state index in [0.717, 1.165) is 37.8 Å². The van der Waals surface area contributed by atoms with Crippen molar-refractivity contribution in [2.45, 2.75) is 62.8 Å². The summed E-state index contributed by atoms with van der Waals surface area (Å²) in [5, 5.41) is 10.6. The topological polar surface area (TPSA) is 58.6 Å². The molecule has 0 aliphatic carbocycles. The van der Waals surface area contributed by atoms with E-state index in [9.17, 15) is 30.7 Å². The number of ether oxygens (including phenoxy) is 1. The number of rotatable bonds is 3. The molecule has 1 aromatic rings. The highest BCUT2D eigenvalue weighted by atomic mass is 19.4. The largest absolute Gasteiger partial charge is 0.490 e. The predicted octanol–water partition coefficient (Wildman–Crippen LogP) is 4.28. The maximum atomic E-state index is 13.7. The molecule has 2 heterocycles. The van der Waals surface area contributed by atoms with Gasteiger partial charge in [0.2, 0.25) is 0 Å². The molecule has 0 spiro atoms. The fourth-order valence-corrected chi connectivity index (χ4v) is 3.19. The summed E-state index contributed by atoms with van der Waals surface area (Å²) >= 11 is 0. The summed E-state index contributed by atoms with van der Waals surface area (Å²) in [6, 6.07) is 3.52. The Labute approximate surface area is 155 Å². The van der Waals surface area contributed by atoms with Crippen LogP contribution in [0.5, 0.6) is 0 Å². The smallest absolute Gasteiger partial charge is 0.475 e. The van der Waals surface area contributed by atoms with E-state index in [4.69, 9.17) is 14.6 Å². The van der Waals surface area contributed by atoms with Gasteiger partial charge in [-0.25, -0.2) is 9.18 Å².